The second-order valence-corrected chi connectivity index (χ2v) is 18.4. The fraction of sp³-hybridized carbons (Fsp3) is 0.658. The van der Waals surface area contributed by atoms with Crippen molar-refractivity contribution in [1.82, 2.24) is 29.8 Å². The molecule has 3 N–H and O–H groups in total. The van der Waals surface area contributed by atoms with Gasteiger partial charge >= 0.3 is 6.09 Å². The summed E-state index contributed by atoms with van der Waals surface area (Å²) in [5, 5.41) is 5.77. The Hall–Kier alpha value is -4.14. The molecule has 0 radical (unpaired) electrons. The summed E-state index contributed by atoms with van der Waals surface area (Å²) in [4.78, 5) is 59.8. The molecule has 1 aliphatic carbocycles. The molecule has 4 atom stereocenters. The van der Waals surface area contributed by atoms with Crippen LogP contribution in [0.1, 0.15) is 112 Å². The third kappa shape index (κ3) is 10.5. The number of aromatic nitrogens is 2. The van der Waals surface area contributed by atoms with Crippen molar-refractivity contribution in [1.29, 1.82) is 0 Å². The predicted octanol–water partition coefficient (Wildman–Crippen LogP) is 4.89. The Balaban J connectivity index is 1.33. The predicted molar refractivity (Wildman–Crippen MR) is 200 cm³/mol. The molecule has 1 aromatic carbocycles. The zero-order valence-electron chi connectivity index (χ0n) is 31.9. The van der Waals surface area contributed by atoms with E-state index in [1.165, 1.54) is 4.90 Å². The maximum absolute atomic E-state index is 14.3. The fourth-order valence-electron chi connectivity index (χ4n) is 6.75. The van der Waals surface area contributed by atoms with Crippen molar-refractivity contribution in [3.63, 3.8) is 0 Å². The summed E-state index contributed by atoms with van der Waals surface area (Å²) >= 11 is 0. The summed E-state index contributed by atoms with van der Waals surface area (Å²) in [5.74, 6) is -1.02. The molecule has 0 unspecified atom stereocenters. The van der Waals surface area contributed by atoms with Gasteiger partial charge in [0.15, 0.2) is 0 Å². The molecular weight excluding hydrogens is 701 g/mol. The van der Waals surface area contributed by atoms with E-state index in [-0.39, 0.29) is 49.7 Å². The number of carbonyl (C=O) groups is 4. The topological polar surface area (TPSA) is 178 Å². The van der Waals surface area contributed by atoms with Gasteiger partial charge in [0, 0.05) is 31.5 Å². The van der Waals surface area contributed by atoms with E-state index in [9.17, 15) is 27.6 Å². The molecule has 2 aliphatic heterocycles. The lowest BCUT2D eigenvalue weighted by Gasteiger charge is -2.29. The molecule has 5 rings (SSSR count). The van der Waals surface area contributed by atoms with Gasteiger partial charge in [0.2, 0.25) is 27.7 Å². The highest BCUT2D eigenvalue weighted by Gasteiger charge is 2.50. The van der Waals surface area contributed by atoms with Crippen molar-refractivity contribution in [2.75, 3.05) is 13.1 Å². The number of ether oxygens (including phenoxy) is 2. The first-order valence-electron chi connectivity index (χ1n) is 18.9. The number of nitrogens with one attached hydrogen (secondary N) is 3. The lowest BCUT2D eigenvalue weighted by molar-refractivity contribution is -0.140. The summed E-state index contributed by atoms with van der Waals surface area (Å²) < 4.78 is 40.4. The van der Waals surface area contributed by atoms with Crippen LogP contribution in [-0.4, -0.2) is 88.3 Å². The van der Waals surface area contributed by atoms with Crippen molar-refractivity contribution in [3.05, 3.63) is 36.7 Å². The minimum Gasteiger partial charge on any atom is -0.488 e. The fourth-order valence-corrected chi connectivity index (χ4v) is 8.04. The van der Waals surface area contributed by atoms with Crippen molar-refractivity contribution in [3.8, 4) is 5.75 Å². The van der Waals surface area contributed by atoms with Gasteiger partial charge < -0.3 is 29.6 Å². The molecule has 292 valence electrons. The van der Waals surface area contributed by atoms with E-state index in [2.05, 4.69) is 38.8 Å². The number of hydrogen-bond acceptors (Lipinski definition) is 9. The number of allylic oxidation sites excluding steroid dienone is 1. The first-order chi connectivity index (χ1) is 24.9. The molecule has 1 aromatic heterocycles. The van der Waals surface area contributed by atoms with E-state index in [1.807, 2.05) is 30.4 Å². The summed E-state index contributed by atoms with van der Waals surface area (Å²) in [5.41, 5.74) is 0.977. The van der Waals surface area contributed by atoms with Crippen molar-refractivity contribution >= 4 is 44.9 Å². The molecule has 2 aromatic rings. The number of benzene rings is 1. The first-order valence-corrected chi connectivity index (χ1v) is 20.4. The number of nitrogens with zero attached hydrogens (tertiary/aromatic N) is 3. The molecule has 1 saturated heterocycles. The third-order valence-corrected chi connectivity index (χ3v) is 12.3. The highest BCUT2D eigenvalue weighted by atomic mass is 32.2. The monoisotopic (exact) mass is 756 g/mol. The zero-order chi connectivity index (χ0) is 38.6. The van der Waals surface area contributed by atoms with Gasteiger partial charge in [-0.15, -0.1) is 0 Å². The van der Waals surface area contributed by atoms with Gasteiger partial charge in [-0.25, -0.2) is 18.2 Å². The molecule has 15 heteroatoms. The maximum atomic E-state index is 14.3. The van der Waals surface area contributed by atoms with Crippen LogP contribution in [0.4, 0.5) is 4.79 Å². The summed E-state index contributed by atoms with van der Waals surface area (Å²) in [7, 11) is -3.74. The van der Waals surface area contributed by atoms with Crippen LogP contribution in [0.15, 0.2) is 36.7 Å². The number of fused-ring (bicyclic) bond motifs is 2. The molecule has 4 amide bonds. The van der Waals surface area contributed by atoms with E-state index in [0.717, 1.165) is 30.3 Å². The average molecular weight is 757 g/mol. The Kier molecular flexibility index (Phi) is 12.5. The van der Waals surface area contributed by atoms with Crippen LogP contribution in [-0.2, 0) is 29.1 Å². The largest absolute Gasteiger partial charge is 0.488 e. The molecule has 53 heavy (non-hydrogen) atoms. The van der Waals surface area contributed by atoms with Gasteiger partial charge in [-0.3, -0.25) is 19.1 Å². The van der Waals surface area contributed by atoms with Crippen LogP contribution in [0, 0.1) is 5.92 Å². The number of imidazole rings is 1. The molecular formula is C38H56N6O8S. The lowest BCUT2D eigenvalue weighted by Crippen LogP contribution is -2.54. The van der Waals surface area contributed by atoms with Gasteiger partial charge in [0.05, 0.1) is 28.7 Å². The highest BCUT2D eigenvalue weighted by molar-refractivity contribution is 7.91. The van der Waals surface area contributed by atoms with Gasteiger partial charge in [-0.05, 0) is 98.1 Å². The zero-order valence-corrected chi connectivity index (χ0v) is 32.7. The highest BCUT2D eigenvalue weighted by Crippen LogP contribution is 2.42. The van der Waals surface area contributed by atoms with Crippen LogP contribution >= 0.6 is 0 Å². The molecule has 3 heterocycles. The first kappa shape index (κ1) is 40.1. The minimum absolute atomic E-state index is 0.0259. The Morgan fingerprint density at radius 3 is 2.58 bits per heavy atom. The molecule has 0 spiro atoms. The van der Waals surface area contributed by atoms with Gasteiger partial charge in [-0.2, -0.15) is 0 Å². The number of alkyl carbamates (subject to hydrolysis) is 1. The van der Waals surface area contributed by atoms with Crippen molar-refractivity contribution < 1.29 is 37.1 Å². The van der Waals surface area contributed by atoms with Crippen LogP contribution < -0.4 is 20.1 Å². The SMILES string of the molecule is CC(C)n1cnc2cc(O[C@@H]3C[C@H]4C(=O)NC[C@@H](CCC(=O)NS(=O)(=O)C5(C)CC5)/C=C\CCCCC[C@H](NC(=O)OC(C)(C)C)C(=O)N4C3)ccc21. The van der Waals surface area contributed by atoms with Crippen molar-refractivity contribution in [2.45, 2.75) is 140 Å². The smallest absolute Gasteiger partial charge is 0.408 e. The summed E-state index contributed by atoms with van der Waals surface area (Å²) in [6.07, 6.45) is 9.53. The van der Waals surface area contributed by atoms with Gasteiger partial charge in [0.25, 0.3) is 0 Å². The van der Waals surface area contributed by atoms with E-state index >= 15 is 0 Å². The maximum Gasteiger partial charge on any atom is 0.408 e. The van der Waals surface area contributed by atoms with E-state index in [4.69, 9.17) is 9.47 Å². The normalized spacial score (nSPS) is 24.8. The standard InChI is InChI=1S/C38H56N6O8S/c1-25(2)44-24-40-30-20-27(15-16-31(30)44)51-28-21-32-34(46)39-22-26(14-17-33(45)42-53(49,50)38(6)18-19-38)12-10-8-7-9-11-13-29(35(47)43(32)23-28)41-36(48)52-37(3,4)5/h10,12,15-16,20,24-26,28-29,32H,7-9,11,13-14,17-19,21-23H2,1-6H3,(H,39,46)(H,41,48)(H,42,45)/b12-10-/t26-,28-,29+,32+/m1/s1. The Morgan fingerprint density at radius 2 is 1.89 bits per heavy atom. The Morgan fingerprint density at radius 1 is 1.13 bits per heavy atom. The quantitative estimate of drug-likeness (QED) is 0.301. The minimum atomic E-state index is -3.74. The molecule has 1 saturated carbocycles. The molecule has 3 aliphatic rings. The van der Waals surface area contributed by atoms with E-state index < -0.39 is 50.6 Å². The molecule has 2 fully saturated rings. The second-order valence-electron chi connectivity index (χ2n) is 16.2. The Labute approximate surface area is 312 Å². The average Bonchev–Trinajstić information content (AvgIpc) is 3.50. The number of carbonyl (C=O) groups excluding carboxylic acids is 4. The van der Waals surface area contributed by atoms with Crippen LogP contribution in [0.25, 0.3) is 11.0 Å². The van der Waals surface area contributed by atoms with E-state index in [1.54, 1.807) is 34.0 Å². The third-order valence-electron chi connectivity index (χ3n) is 10.1. The van der Waals surface area contributed by atoms with Crippen LogP contribution in [0.5, 0.6) is 5.75 Å². The van der Waals surface area contributed by atoms with E-state index in [0.29, 0.717) is 37.9 Å². The molecule has 14 nitrogen and oxygen atoms in total. The molecule has 0 bridgehead atoms. The van der Waals surface area contributed by atoms with Gasteiger partial charge in [-0.1, -0.05) is 25.0 Å². The van der Waals surface area contributed by atoms with Crippen molar-refractivity contribution in [2.24, 2.45) is 5.92 Å². The number of hydrogen-bond donors (Lipinski definition) is 3. The summed E-state index contributed by atoms with van der Waals surface area (Å²) in [6.45, 7) is 11.4. The number of amides is 4. The second kappa shape index (κ2) is 16.5. The number of rotatable bonds is 9. The number of sulfonamides is 1. The lowest BCUT2D eigenvalue weighted by atomic mass is 10.0. The van der Waals surface area contributed by atoms with Gasteiger partial charge in [0.1, 0.15) is 29.5 Å². The Bertz CT molecular complexity index is 1790. The summed E-state index contributed by atoms with van der Waals surface area (Å²) in [6, 6.07) is 4.09. The van der Waals surface area contributed by atoms with Crippen LogP contribution in [0.2, 0.25) is 0 Å². The van der Waals surface area contributed by atoms with Crippen LogP contribution in [0.3, 0.4) is 0 Å².